The number of amides is 1. The molecule has 2 aromatic carbocycles. The van der Waals surface area contributed by atoms with E-state index in [2.05, 4.69) is 16.3 Å². The van der Waals surface area contributed by atoms with Gasteiger partial charge in [0.1, 0.15) is 0 Å². The third-order valence-electron chi connectivity index (χ3n) is 7.72. The number of hydrogen-bond donors (Lipinski definition) is 2. The van der Waals surface area contributed by atoms with Gasteiger partial charge in [0.15, 0.2) is 6.10 Å². The Morgan fingerprint density at radius 2 is 1.69 bits per heavy atom. The molecule has 0 saturated carbocycles. The second kappa shape index (κ2) is 12.3. The number of nitriles is 1. The molecule has 2 N–H and O–H groups in total. The van der Waals surface area contributed by atoms with E-state index in [1.54, 1.807) is 12.1 Å². The Morgan fingerprint density at radius 1 is 1.07 bits per heavy atom. The number of hydrogen-bond acceptors (Lipinski definition) is 6. The van der Waals surface area contributed by atoms with Crippen molar-refractivity contribution in [3.05, 3.63) is 82.7 Å². The molecule has 0 bridgehead atoms. The van der Waals surface area contributed by atoms with Gasteiger partial charge >= 0.3 is 5.97 Å². The number of carbonyl (C=O) groups excluding carboxylic acids is 1. The average molecular weight is 569 g/mol. The number of nitrogens with zero attached hydrogens (tertiary/aromatic N) is 3. The zero-order valence-corrected chi connectivity index (χ0v) is 25.3. The predicted molar refractivity (Wildman–Crippen MR) is 163 cm³/mol. The molecule has 1 saturated heterocycles. The molecule has 42 heavy (non-hydrogen) atoms. The average Bonchev–Trinajstić information content (AvgIpc) is 2.95. The molecule has 0 aliphatic carbocycles. The van der Waals surface area contributed by atoms with Gasteiger partial charge in [-0.15, -0.1) is 0 Å². The van der Waals surface area contributed by atoms with Crippen LogP contribution >= 0.6 is 0 Å². The van der Waals surface area contributed by atoms with Crippen LogP contribution in [0.3, 0.4) is 0 Å². The highest BCUT2D eigenvalue weighted by molar-refractivity contribution is 5.95. The number of piperidine rings is 1. The summed E-state index contributed by atoms with van der Waals surface area (Å²) in [5.74, 6) is -1.27. The SMILES string of the molecule is Cc1nc(C)c([C@H](OC(C)(C)C)C(=O)O)c(N2CCC(C)(C#N)CC2)c1-c1ccc(C(=O)NCc2ccccc2)cc1. The van der Waals surface area contributed by atoms with Crippen LogP contribution in [0.15, 0.2) is 54.6 Å². The molecule has 4 rings (SSSR count). The molecular weight excluding hydrogens is 528 g/mol. The van der Waals surface area contributed by atoms with Gasteiger partial charge < -0.3 is 20.1 Å². The molecule has 1 aliphatic heterocycles. The molecule has 8 heteroatoms. The normalized spacial score (nSPS) is 15.5. The summed E-state index contributed by atoms with van der Waals surface area (Å²) in [6.07, 6.45) is 0.0710. The van der Waals surface area contributed by atoms with Crippen molar-refractivity contribution in [2.75, 3.05) is 18.0 Å². The van der Waals surface area contributed by atoms with Crippen LogP contribution in [0.5, 0.6) is 0 Å². The number of nitrogens with one attached hydrogen (secondary N) is 1. The summed E-state index contributed by atoms with van der Waals surface area (Å²) < 4.78 is 6.13. The first-order valence-corrected chi connectivity index (χ1v) is 14.3. The van der Waals surface area contributed by atoms with Gasteiger partial charge in [-0.25, -0.2) is 4.79 Å². The van der Waals surface area contributed by atoms with E-state index < -0.39 is 23.1 Å². The summed E-state index contributed by atoms with van der Waals surface area (Å²) in [4.78, 5) is 32.5. The maximum Gasteiger partial charge on any atom is 0.337 e. The van der Waals surface area contributed by atoms with E-state index in [-0.39, 0.29) is 5.91 Å². The topological polar surface area (TPSA) is 116 Å². The molecule has 0 unspecified atom stereocenters. The van der Waals surface area contributed by atoms with Crippen molar-refractivity contribution in [1.29, 1.82) is 5.26 Å². The van der Waals surface area contributed by atoms with Crippen molar-refractivity contribution in [1.82, 2.24) is 10.3 Å². The number of aliphatic carboxylic acids is 1. The Kier molecular flexibility index (Phi) is 9.03. The van der Waals surface area contributed by atoms with E-state index in [0.29, 0.717) is 49.3 Å². The Bertz CT molecular complexity index is 1480. The summed E-state index contributed by atoms with van der Waals surface area (Å²) in [5, 5.41) is 23.1. The number of carboxylic acid groups (broad SMARTS) is 1. The van der Waals surface area contributed by atoms with E-state index >= 15 is 0 Å². The van der Waals surface area contributed by atoms with Crippen LogP contribution in [0.4, 0.5) is 5.69 Å². The number of anilines is 1. The monoisotopic (exact) mass is 568 g/mol. The zero-order valence-electron chi connectivity index (χ0n) is 25.3. The first kappa shape index (κ1) is 30.7. The van der Waals surface area contributed by atoms with Gasteiger partial charge in [0.2, 0.25) is 0 Å². The lowest BCUT2D eigenvalue weighted by atomic mass is 9.81. The predicted octanol–water partition coefficient (Wildman–Crippen LogP) is 6.37. The molecule has 2 heterocycles. The Balaban J connectivity index is 1.78. The number of benzene rings is 2. The van der Waals surface area contributed by atoms with Crippen LogP contribution in [0.2, 0.25) is 0 Å². The molecule has 1 fully saturated rings. The Labute approximate surface area is 248 Å². The number of aryl methyl sites for hydroxylation is 2. The van der Waals surface area contributed by atoms with Crippen molar-refractivity contribution < 1.29 is 19.4 Å². The lowest BCUT2D eigenvalue weighted by Gasteiger charge is -2.40. The molecule has 220 valence electrons. The summed E-state index contributed by atoms with van der Waals surface area (Å²) in [6, 6.07) is 19.5. The van der Waals surface area contributed by atoms with E-state index in [4.69, 9.17) is 9.72 Å². The van der Waals surface area contributed by atoms with Crippen molar-refractivity contribution in [3.8, 4) is 17.2 Å². The number of rotatable bonds is 8. The van der Waals surface area contributed by atoms with E-state index in [0.717, 1.165) is 28.1 Å². The van der Waals surface area contributed by atoms with E-state index in [1.807, 2.05) is 84.0 Å². The van der Waals surface area contributed by atoms with Crippen LogP contribution < -0.4 is 10.2 Å². The first-order valence-electron chi connectivity index (χ1n) is 14.3. The molecular formula is C34H40N4O4. The maximum absolute atomic E-state index is 12.9. The smallest absolute Gasteiger partial charge is 0.337 e. The molecule has 0 spiro atoms. The van der Waals surface area contributed by atoms with Crippen molar-refractivity contribution in [3.63, 3.8) is 0 Å². The van der Waals surface area contributed by atoms with Gasteiger partial charge in [-0.3, -0.25) is 9.78 Å². The largest absolute Gasteiger partial charge is 0.479 e. The van der Waals surface area contributed by atoms with Crippen LogP contribution in [-0.2, 0) is 16.1 Å². The molecule has 3 aromatic rings. The third kappa shape index (κ3) is 6.97. The zero-order chi connectivity index (χ0) is 30.7. The van der Waals surface area contributed by atoms with E-state index in [9.17, 15) is 20.0 Å². The Hall–Kier alpha value is -4.22. The van der Waals surface area contributed by atoms with Gasteiger partial charge in [-0.1, -0.05) is 42.5 Å². The summed E-state index contributed by atoms with van der Waals surface area (Å²) in [7, 11) is 0. The molecule has 0 radical (unpaired) electrons. The van der Waals surface area contributed by atoms with Crippen LogP contribution in [-0.4, -0.2) is 40.7 Å². The van der Waals surface area contributed by atoms with Crippen molar-refractivity contribution in [2.45, 2.75) is 72.6 Å². The fourth-order valence-electron chi connectivity index (χ4n) is 5.42. The maximum atomic E-state index is 12.9. The number of pyridine rings is 1. The number of carboxylic acids is 1. The highest BCUT2D eigenvalue weighted by atomic mass is 16.5. The lowest BCUT2D eigenvalue weighted by Crippen LogP contribution is -2.40. The highest BCUT2D eigenvalue weighted by Crippen LogP contribution is 2.44. The van der Waals surface area contributed by atoms with E-state index in [1.165, 1.54) is 0 Å². The van der Waals surface area contributed by atoms with Crippen LogP contribution in [0, 0.1) is 30.6 Å². The minimum Gasteiger partial charge on any atom is -0.479 e. The number of aromatic nitrogens is 1. The fourth-order valence-corrected chi connectivity index (χ4v) is 5.42. The number of carbonyl (C=O) groups is 2. The number of ether oxygens (including phenoxy) is 1. The molecule has 1 aromatic heterocycles. The fraction of sp³-hybridized carbons (Fsp3) is 0.412. The third-order valence-corrected chi connectivity index (χ3v) is 7.72. The summed E-state index contributed by atoms with van der Waals surface area (Å²) in [6.45, 7) is 12.8. The van der Waals surface area contributed by atoms with Crippen molar-refractivity contribution in [2.24, 2.45) is 5.41 Å². The minimum atomic E-state index is -1.24. The Morgan fingerprint density at radius 3 is 2.24 bits per heavy atom. The summed E-state index contributed by atoms with van der Waals surface area (Å²) in [5.41, 5.74) is 4.64. The minimum absolute atomic E-state index is 0.179. The van der Waals surface area contributed by atoms with Gasteiger partial charge in [-0.05, 0) is 77.6 Å². The molecule has 1 aliphatic rings. The van der Waals surface area contributed by atoms with Gasteiger partial charge in [0, 0.05) is 47.7 Å². The van der Waals surface area contributed by atoms with Crippen LogP contribution in [0.25, 0.3) is 11.1 Å². The van der Waals surface area contributed by atoms with Gasteiger partial charge in [-0.2, -0.15) is 5.26 Å². The summed E-state index contributed by atoms with van der Waals surface area (Å²) >= 11 is 0. The van der Waals surface area contributed by atoms with Crippen LogP contribution in [0.1, 0.15) is 79.5 Å². The lowest BCUT2D eigenvalue weighted by molar-refractivity contribution is -0.160. The highest BCUT2D eigenvalue weighted by Gasteiger charge is 2.37. The van der Waals surface area contributed by atoms with Crippen molar-refractivity contribution >= 4 is 17.6 Å². The quantitative estimate of drug-likeness (QED) is 0.325. The second-order valence-corrected chi connectivity index (χ2v) is 12.3. The molecule has 1 atom stereocenters. The van der Waals surface area contributed by atoms with Gasteiger partial charge in [0.25, 0.3) is 5.91 Å². The second-order valence-electron chi connectivity index (χ2n) is 12.3. The van der Waals surface area contributed by atoms with Gasteiger partial charge in [0.05, 0.1) is 22.8 Å². The molecule has 1 amide bonds. The standard InChI is InChI=1S/C34H40N4O4/c1-22-27(25-12-14-26(15-13-25)31(39)36-20-24-10-8-7-9-11-24)29(38-18-16-34(6,21-35)17-19-38)28(23(2)37-22)30(32(40)41)42-33(3,4)5/h7-15,30H,16-20H2,1-6H3,(H,36,39)(H,40,41)/t30-/m0/s1. The first-order chi connectivity index (χ1) is 19.8. The molecule has 8 nitrogen and oxygen atoms in total.